The Kier molecular flexibility index (Phi) is 7.51. The second-order valence-corrected chi connectivity index (χ2v) is 5.11. The van der Waals surface area contributed by atoms with E-state index in [2.05, 4.69) is 15.6 Å². The monoisotopic (exact) mass is 392 g/mol. The number of aromatic nitrogens is 2. The van der Waals surface area contributed by atoms with Crippen LogP contribution in [-0.2, 0) is 4.74 Å². The lowest BCUT2D eigenvalue weighted by Gasteiger charge is -2.21. The number of nitrogens with two attached hydrogens (primary N) is 1. The van der Waals surface area contributed by atoms with Crippen LogP contribution in [-0.4, -0.2) is 78.2 Å². The predicted molar refractivity (Wildman–Crippen MR) is 83.0 cm³/mol. The van der Waals surface area contributed by atoms with Crippen molar-refractivity contribution in [1.82, 2.24) is 19.9 Å². The normalized spacial score (nSPS) is 23.7. The molecule has 2 rings (SSSR count). The molecular weight excluding hydrogens is 374 g/mol. The first-order chi connectivity index (χ1) is 12.6. The molecular formula is C11H18N7O9+. The zero-order valence-electron chi connectivity index (χ0n) is 13.8. The van der Waals surface area contributed by atoms with E-state index in [-0.39, 0.29) is 5.82 Å². The Morgan fingerprint density at radius 2 is 2.15 bits per heavy atom. The number of nitrogens with zero attached hydrogens (tertiary/aromatic N) is 5. The van der Waals surface area contributed by atoms with Gasteiger partial charge in [-0.15, -0.1) is 4.91 Å². The molecule has 4 unspecified atom stereocenters. The third-order valence-corrected chi connectivity index (χ3v) is 3.39. The van der Waals surface area contributed by atoms with E-state index in [0.717, 1.165) is 11.6 Å². The fourth-order valence-corrected chi connectivity index (χ4v) is 2.20. The number of urea groups is 1. The molecule has 0 spiro atoms. The second-order valence-electron chi connectivity index (χ2n) is 5.11. The Balaban J connectivity index is 0.000000828. The number of anilines is 1. The number of aliphatic hydroxyl groups is 2. The summed E-state index contributed by atoms with van der Waals surface area (Å²) < 4.78 is 6.38. The van der Waals surface area contributed by atoms with E-state index in [1.165, 1.54) is 12.3 Å². The van der Waals surface area contributed by atoms with Gasteiger partial charge in [-0.05, 0) is 6.07 Å². The van der Waals surface area contributed by atoms with Crippen LogP contribution in [0.1, 0.15) is 6.23 Å². The highest BCUT2D eigenvalue weighted by atomic mass is 16.9. The summed E-state index contributed by atoms with van der Waals surface area (Å²) in [5, 5.41) is 37.4. The minimum atomic E-state index is -1.38. The zero-order chi connectivity index (χ0) is 20.7. The minimum Gasteiger partial charge on any atom is -0.394 e. The van der Waals surface area contributed by atoms with E-state index in [1.807, 2.05) is 0 Å². The Bertz CT molecular complexity index is 737. The maximum Gasteiger partial charge on any atom is 0.472 e. The van der Waals surface area contributed by atoms with E-state index >= 15 is 0 Å². The molecule has 1 aliphatic rings. The smallest absolute Gasteiger partial charge is 0.394 e. The first-order valence-electron chi connectivity index (χ1n) is 7.13. The van der Waals surface area contributed by atoms with Gasteiger partial charge in [-0.25, -0.2) is 20.0 Å². The van der Waals surface area contributed by atoms with Crippen LogP contribution >= 0.6 is 0 Å². The molecule has 0 saturated carbocycles. The first-order valence-corrected chi connectivity index (χ1v) is 7.13. The summed E-state index contributed by atoms with van der Waals surface area (Å²) in [6, 6.07) is -0.623. The second kappa shape index (κ2) is 9.36. The van der Waals surface area contributed by atoms with Crippen LogP contribution in [0.3, 0.4) is 0 Å². The lowest BCUT2D eigenvalue weighted by Crippen LogP contribution is -2.51. The standard InChI is InChI=1S/C11H16N6O6.H2NO3/c1-16(15-22)10(20)14-7-5(4-18)23-9(8(7)19)17-3-2-6(12)13-11(17)21;2-1(3)4/h2-3,5,7-9,18-19H,4H2,1H3,(H,14,20)(H2,12,13,21);(H2,2,3,4)/q;+1. The lowest BCUT2D eigenvalue weighted by molar-refractivity contribution is -0.969. The van der Waals surface area contributed by atoms with Gasteiger partial charge >= 0.3 is 16.8 Å². The Morgan fingerprint density at radius 3 is 2.63 bits per heavy atom. The Morgan fingerprint density at radius 1 is 1.56 bits per heavy atom. The van der Waals surface area contributed by atoms with E-state index in [9.17, 15) is 24.7 Å². The van der Waals surface area contributed by atoms with E-state index < -0.39 is 47.9 Å². The van der Waals surface area contributed by atoms with Crippen LogP contribution in [0.15, 0.2) is 22.3 Å². The summed E-state index contributed by atoms with van der Waals surface area (Å²) in [6.07, 6.45) is -2.29. The summed E-state index contributed by atoms with van der Waals surface area (Å²) in [7, 11) is 1.12. The largest absolute Gasteiger partial charge is 0.472 e. The maximum atomic E-state index is 11.8. The third kappa shape index (κ3) is 5.56. The van der Waals surface area contributed by atoms with Crippen LogP contribution in [0.25, 0.3) is 0 Å². The van der Waals surface area contributed by atoms with Gasteiger partial charge in [0.05, 0.1) is 17.9 Å². The third-order valence-electron chi connectivity index (χ3n) is 3.39. The topological polar surface area (TPSA) is 233 Å². The highest BCUT2D eigenvalue weighted by molar-refractivity contribution is 5.74. The number of carbonyl (C=O) groups excluding carboxylic acids is 1. The first kappa shape index (κ1) is 21.7. The van der Waals surface area contributed by atoms with E-state index in [4.69, 9.17) is 25.8 Å². The number of rotatable bonds is 4. The molecule has 7 N–H and O–H groups in total. The molecule has 1 fully saturated rings. The Hall–Kier alpha value is -3.37. The van der Waals surface area contributed by atoms with Crippen molar-refractivity contribution in [3.63, 3.8) is 0 Å². The molecule has 1 saturated heterocycles. The summed E-state index contributed by atoms with van der Waals surface area (Å²) in [4.78, 5) is 45.8. The average Bonchev–Trinajstić information content (AvgIpc) is 2.89. The molecule has 0 radical (unpaired) electrons. The van der Waals surface area contributed by atoms with Gasteiger partial charge in [0.15, 0.2) is 6.23 Å². The average molecular weight is 392 g/mol. The lowest BCUT2D eigenvalue weighted by atomic mass is 10.1. The SMILES string of the molecule is CN(N=O)C(=O)NC1C(CO)OC(n2ccc(N)nc2=O)C1O.O=[N+](O)O. The number of nitroso groups, excluding NO2 is 1. The van der Waals surface area contributed by atoms with Gasteiger partial charge in [-0.3, -0.25) is 4.57 Å². The number of hydrogen-bond acceptors (Lipinski definition) is 10. The van der Waals surface area contributed by atoms with Crippen LogP contribution in [0, 0.1) is 9.81 Å². The summed E-state index contributed by atoms with van der Waals surface area (Å²) in [5.41, 5.74) is 4.63. The number of amides is 2. The number of nitrogens with one attached hydrogen (secondary N) is 1. The Labute approximate surface area is 149 Å². The molecule has 0 aliphatic carbocycles. The molecule has 1 aromatic heterocycles. The molecule has 27 heavy (non-hydrogen) atoms. The molecule has 16 nitrogen and oxygen atoms in total. The summed E-state index contributed by atoms with van der Waals surface area (Å²) in [6.45, 7) is -0.534. The predicted octanol–water partition coefficient (Wildman–Crippen LogP) is -2.69. The van der Waals surface area contributed by atoms with Gasteiger partial charge in [0.2, 0.25) is 0 Å². The van der Waals surface area contributed by atoms with E-state index in [0.29, 0.717) is 5.01 Å². The quantitative estimate of drug-likeness (QED) is 0.228. The summed E-state index contributed by atoms with van der Waals surface area (Å²) in [5.74, 6) is 0.000907. The fraction of sp³-hybridized carbons (Fsp3) is 0.545. The van der Waals surface area contributed by atoms with Crippen molar-refractivity contribution in [2.24, 2.45) is 5.29 Å². The number of hydrogen-bond donors (Lipinski definition) is 6. The van der Waals surface area contributed by atoms with Crippen molar-refractivity contribution in [1.29, 1.82) is 0 Å². The molecule has 4 atom stereocenters. The number of ether oxygens (including phenoxy) is 1. The molecule has 0 aromatic carbocycles. The summed E-state index contributed by atoms with van der Waals surface area (Å²) >= 11 is 0. The molecule has 1 aliphatic heterocycles. The van der Waals surface area contributed by atoms with Crippen molar-refractivity contribution in [3.8, 4) is 0 Å². The van der Waals surface area contributed by atoms with Gasteiger partial charge < -0.3 is 26.0 Å². The molecule has 2 amide bonds. The minimum absolute atomic E-state index is 0.000907. The number of aliphatic hydroxyl groups excluding tert-OH is 2. The molecule has 2 heterocycles. The highest BCUT2D eigenvalue weighted by Crippen LogP contribution is 2.28. The van der Waals surface area contributed by atoms with Crippen LogP contribution in [0.5, 0.6) is 0 Å². The van der Waals surface area contributed by atoms with Gasteiger partial charge in [-0.1, -0.05) is 0 Å². The van der Waals surface area contributed by atoms with Gasteiger partial charge in [0.1, 0.15) is 22.9 Å². The van der Waals surface area contributed by atoms with Crippen molar-refractivity contribution < 1.29 is 35.2 Å². The number of carbonyl (C=O) groups is 1. The number of nitrogen functional groups attached to an aromatic ring is 1. The van der Waals surface area contributed by atoms with Crippen molar-refractivity contribution in [3.05, 3.63) is 32.6 Å². The van der Waals surface area contributed by atoms with Crippen LogP contribution in [0.4, 0.5) is 10.6 Å². The van der Waals surface area contributed by atoms with Crippen molar-refractivity contribution in [2.75, 3.05) is 19.4 Å². The van der Waals surface area contributed by atoms with Crippen molar-refractivity contribution in [2.45, 2.75) is 24.5 Å². The molecule has 16 heteroatoms. The van der Waals surface area contributed by atoms with E-state index in [1.54, 1.807) is 0 Å². The van der Waals surface area contributed by atoms with Crippen LogP contribution < -0.4 is 16.7 Å². The van der Waals surface area contributed by atoms with Crippen molar-refractivity contribution >= 4 is 11.8 Å². The fourth-order valence-electron chi connectivity index (χ4n) is 2.20. The van der Waals surface area contributed by atoms with Gasteiger partial charge in [0.25, 0.3) is 0 Å². The van der Waals surface area contributed by atoms with Gasteiger partial charge in [-0.2, -0.15) is 9.99 Å². The van der Waals surface area contributed by atoms with Gasteiger partial charge in [0, 0.05) is 13.2 Å². The zero-order valence-corrected chi connectivity index (χ0v) is 13.8. The molecule has 150 valence electrons. The highest BCUT2D eigenvalue weighted by Gasteiger charge is 2.45. The van der Waals surface area contributed by atoms with Crippen LogP contribution in [0.2, 0.25) is 0 Å². The molecule has 0 bridgehead atoms. The molecule has 1 aromatic rings. The maximum absolute atomic E-state index is 11.8.